The molecule has 0 amide bonds. The van der Waals surface area contributed by atoms with Crippen LogP contribution in [-0.2, 0) is 23.8 Å². The molecule has 0 saturated heterocycles. The number of nitrogens with one attached hydrogen (secondary N) is 1. The van der Waals surface area contributed by atoms with E-state index in [1.807, 2.05) is 7.05 Å². The minimum Gasteiger partial charge on any atom is -0.369 e. The first-order valence-corrected chi connectivity index (χ1v) is 7.03. The highest BCUT2D eigenvalue weighted by molar-refractivity contribution is 8.93. The Morgan fingerprint density at radius 2 is 2.10 bits per heavy atom. The van der Waals surface area contributed by atoms with Gasteiger partial charge in [-0.2, -0.15) is 0 Å². The first-order valence-electron chi connectivity index (χ1n) is 7.03. The highest BCUT2D eigenvalue weighted by atomic mass is 79.9. The molecule has 1 aromatic carbocycles. The number of ether oxygens (including phenoxy) is 1. The SMILES string of the molecule is Br.CNCCC1(C)OCCc2c1n(C)c1ccccc21. The maximum Gasteiger partial charge on any atom is 0.107 e. The lowest BCUT2D eigenvalue weighted by Crippen LogP contribution is -2.36. The number of halogens is 1. The summed E-state index contributed by atoms with van der Waals surface area (Å²) in [4.78, 5) is 0. The first-order chi connectivity index (χ1) is 9.17. The second-order valence-electron chi connectivity index (χ2n) is 5.59. The van der Waals surface area contributed by atoms with E-state index >= 15 is 0 Å². The average Bonchev–Trinajstić information content (AvgIpc) is 2.73. The molecule has 0 aliphatic carbocycles. The van der Waals surface area contributed by atoms with E-state index in [0.29, 0.717) is 0 Å². The number of rotatable bonds is 3. The van der Waals surface area contributed by atoms with E-state index in [1.165, 1.54) is 22.2 Å². The molecule has 2 heterocycles. The van der Waals surface area contributed by atoms with E-state index in [0.717, 1.165) is 26.0 Å². The number of benzene rings is 1. The lowest BCUT2D eigenvalue weighted by molar-refractivity contribution is -0.0561. The van der Waals surface area contributed by atoms with Gasteiger partial charge in [0, 0.05) is 18.0 Å². The van der Waals surface area contributed by atoms with Crippen molar-refractivity contribution in [3.05, 3.63) is 35.5 Å². The summed E-state index contributed by atoms with van der Waals surface area (Å²) in [7, 11) is 4.15. The molecule has 3 nitrogen and oxygen atoms in total. The van der Waals surface area contributed by atoms with Crippen molar-refractivity contribution in [1.29, 1.82) is 0 Å². The molecule has 0 bridgehead atoms. The van der Waals surface area contributed by atoms with Crippen molar-refractivity contribution in [3.63, 3.8) is 0 Å². The summed E-state index contributed by atoms with van der Waals surface area (Å²) < 4.78 is 8.46. The molecule has 0 saturated carbocycles. The largest absolute Gasteiger partial charge is 0.369 e. The average molecular weight is 339 g/mol. The van der Waals surface area contributed by atoms with Gasteiger partial charge in [0.05, 0.1) is 12.3 Å². The summed E-state index contributed by atoms with van der Waals surface area (Å²) in [5.74, 6) is 0. The number of nitrogens with zero attached hydrogens (tertiary/aromatic N) is 1. The summed E-state index contributed by atoms with van der Waals surface area (Å²) in [5, 5.41) is 4.62. The Labute approximate surface area is 131 Å². The van der Waals surface area contributed by atoms with Gasteiger partial charge in [0.1, 0.15) is 5.60 Å². The van der Waals surface area contributed by atoms with E-state index < -0.39 is 0 Å². The summed E-state index contributed by atoms with van der Waals surface area (Å²) in [6.07, 6.45) is 2.02. The number of para-hydroxylation sites is 1. The molecule has 1 N–H and O–H groups in total. The summed E-state index contributed by atoms with van der Waals surface area (Å²) >= 11 is 0. The van der Waals surface area contributed by atoms with Crippen LogP contribution in [-0.4, -0.2) is 24.8 Å². The third-order valence-corrected chi connectivity index (χ3v) is 4.34. The summed E-state index contributed by atoms with van der Waals surface area (Å²) in [6.45, 7) is 4.01. The Bertz CT molecular complexity index is 608. The Hall–Kier alpha value is -0.840. The molecule has 20 heavy (non-hydrogen) atoms. The fraction of sp³-hybridized carbons (Fsp3) is 0.500. The molecule has 2 aromatic rings. The van der Waals surface area contributed by atoms with Crippen LogP contribution in [0, 0.1) is 0 Å². The van der Waals surface area contributed by atoms with Gasteiger partial charge in [-0.3, -0.25) is 0 Å². The zero-order chi connectivity index (χ0) is 13.5. The first kappa shape index (κ1) is 15.5. The van der Waals surface area contributed by atoms with Crippen LogP contribution in [0.5, 0.6) is 0 Å². The molecule has 0 fully saturated rings. The van der Waals surface area contributed by atoms with E-state index in [-0.39, 0.29) is 22.6 Å². The van der Waals surface area contributed by atoms with Crippen molar-refractivity contribution >= 4 is 27.9 Å². The van der Waals surface area contributed by atoms with Crippen LogP contribution in [0.1, 0.15) is 24.6 Å². The van der Waals surface area contributed by atoms with E-state index in [4.69, 9.17) is 4.74 Å². The fourth-order valence-corrected chi connectivity index (χ4v) is 3.40. The zero-order valence-electron chi connectivity index (χ0n) is 12.4. The zero-order valence-corrected chi connectivity index (χ0v) is 14.1. The highest BCUT2D eigenvalue weighted by Gasteiger charge is 2.36. The van der Waals surface area contributed by atoms with Gasteiger partial charge in [0.25, 0.3) is 0 Å². The molecule has 3 rings (SSSR count). The van der Waals surface area contributed by atoms with E-state index in [1.54, 1.807) is 0 Å². The Morgan fingerprint density at radius 3 is 2.85 bits per heavy atom. The number of aromatic nitrogens is 1. The van der Waals surface area contributed by atoms with Crippen LogP contribution in [0.15, 0.2) is 24.3 Å². The lowest BCUT2D eigenvalue weighted by Gasteiger charge is -2.35. The number of hydrogen-bond donors (Lipinski definition) is 1. The lowest BCUT2D eigenvalue weighted by atomic mass is 9.90. The van der Waals surface area contributed by atoms with Crippen molar-refractivity contribution in [1.82, 2.24) is 9.88 Å². The van der Waals surface area contributed by atoms with Crippen molar-refractivity contribution < 1.29 is 4.74 Å². The predicted molar refractivity (Wildman–Crippen MR) is 88.8 cm³/mol. The topological polar surface area (TPSA) is 26.2 Å². The molecular formula is C16H23BrN2O. The van der Waals surface area contributed by atoms with Gasteiger partial charge in [0.2, 0.25) is 0 Å². The van der Waals surface area contributed by atoms with Crippen LogP contribution in [0.4, 0.5) is 0 Å². The van der Waals surface area contributed by atoms with Gasteiger partial charge in [0.15, 0.2) is 0 Å². The minimum absolute atomic E-state index is 0. The third kappa shape index (κ3) is 2.30. The smallest absolute Gasteiger partial charge is 0.107 e. The summed E-state index contributed by atoms with van der Waals surface area (Å²) in [6, 6.07) is 8.67. The fourth-order valence-electron chi connectivity index (χ4n) is 3.40. The van der Waals surface area contributed by atoms with Crippen LogP contribution in [0.25, 0.3) is 10.9 Å². The van der Waals surface area contributed by atoms with Crippen molar-refractivity contribution in [2.45, 2.75) is 25.4 Å². The Kier molecular flexibility index (Phi) is 4.57. The van der Waals surface area contributed by atoms with Crippen LogP contribution >= 0.6 is 17.0 Å². The molecule has 4 heteroatoms. The second-order valence-corrected chi connectivity index (χ2v) is 5.59. The second kappa shape index (κ2) is 5.88. The Morgan fingerprint density at radius 1 is 1.35 bits per heavy atom. The number of aryl methyl sites for hydroxylation is 1. The molecule has 110 valence electrons. The van der Waals surface area contributed by atoms with Crippen LogP contribution < -0.4 is 5.32 Å². The normalized spacial score (nSPS) is 21.6. The van der Waals surface area contributed by atoms with E-state index in [9.17, 15) is 0 Å². The van der Waals surface area contributed by atoms with Crippen molar-refractivity contribution in [3.8, 4) is 0 Å². The van der Waals surface area contributed by atoms with Gasteiger partial charge in [-0.15, -0.1) is 17.0 Å². The van der Waals surface area contributed by atoms with Gasteiger partial charge >= 0.3 is 0 Å². The molecule has 0 radical (unpaired) electrons. The highest BCUT2D eigenvalue weighted by Crippen LogP contribution is 2.40. The molecule has 0 spiro atoms. The summed E-state index contributed by atoms with van der Waals surface area (Å²) in [5.41, 5.74) is 3.97. The molecule has 1 unspecified atom stereocenters. The molecule has 1 atom stereocenters. The van der Waals surface area contributed by atoms with Crippen LogP contribution in [0.3, 0.4) is 0 Å². The third-order valence-electron chi connectivity index (χ3n) is 4.34. The number of hydrogen-bond acceptors (Lipinski definition) is 2. The monoisotopic (exact) mass is 338 g/mol. The molecular weight excluding hydrogens is 316 g/mol. The molecule has 1 aliphatic rings. The van der Waals surface area contributed by atoms with E-state index in [2.05, 4.69) is 48.1 Å². The van der Waals surface area contributed by atoms with Crippen molar-refractivity contribution in [2.75, 3.05) is 20.2 Å². The van der Waals surface area contributed by atoms with Gasteiger partial charge in [-0.1, -0.05) is 18.2 Å². The quantitative estimate of drug-likeness (QED) is 0.930. The van der Waals surface area contributed by atoms with Crippen LogP contribution in [0.2, 0.25) is 0 Å². The van der Waals surface area contributed by atoms with Gasteiger partial charge < -0.3 is 14.6 Å². The molecule has 1 aromatic heterocycles. The van der Waals surface area contributed by atoms with Crippen molar-refractivity contribution in [2.24, 2.45) is 7.05 Å². The number of fused-ring (bicyclic) bond motifs is 3. The standard InChI is InChI=1S/C16H22N2O.BrH/c1-16(9-10-17-2)15-13(8-11-19-16)12-6-4-5-7-14(12)18(15)3;/h4-7,17H,8-11H2,1-3H3;1H. The Balaban J connectivity index is 0.00000147. The maximum atomic E-state index is 6.14. The molecule has 1 aliphatic heterocycles. The maximum absolute atomic E-state index is 6.14. The van der Waals surface area contributed by atoms with Gasteiger partial charge in [-0.25, -0.2) is 0 Å². The predicted octanol–water partition coefficient (Wildman–Crippen LogP) is 3.15. The van der Waals surface area contributed by atoms with Gasteiger partial charge in [-0.05, 0) is 45.0 Å². The minimum atomic E-state index is -0.176.